The Morgan fingerprint density at radius 3 is 2.42 bits per heavy atom. The summed E-state index contributed by atoms with van der Waals surface area (Å²) in [4.78, 5) is 17.0. The Morgan fingerprint density at radius 2 is 1.84 bits per heavy atom. The summed E-state index contributed by atoms with van der Waals surface area (Å²) < 4.78 is 37.6. The van der Waals surface area contributed by atoms with Crippen LogP contribution < -0.4 is 10.9 Å². The maximum atomic E-state index is 12.5. The van der Waals surface area contributed by atoms with Gasteiger partial charge < -0.3 is 5.32 Å². The van der Waals surface area contributed by atoms with Crippen LogP contribution in [0, 0.1) is 0 Å². The zero-order chi connectivity index (χ0) is 13.9. The first kappa shape index (κ1) is 13.9. The normalized spacial score (nSPS) is 18.1. The Kier molecular flexibility index (Phi) is 4.11. The highest BCUT2D eigenvalue weighted by Crippen LogP contribution is 2.27. The maximum absolute atomic E-state index is 12.5. The van der Waals surface area contributed by atoms with Gasteiger partial charge in [0.2, 0.25) is 5.95 Å². The van der Waals surface area contributed by atoms with Crippen molar-refractivity contribution >= 4 is 5.95 Å². The van der Waals surface area contributed by atoms with E-state index in [2.05, 4.69) is 15.3 Å². The molecule has 0 radical (unpaired) electrons. The topological polar surface area (TPSA) is 57.8 Å². The quantitative estimate of drug-likeness (QED) is 0.816. The summed E-state index contributed by atoms with van der Waals surface area (Å²) in [5.41, 5.74) is -1.95. The van der Waals surface area contributed by atoms with Gasteiger partial charge in [-0.25, -0.2) is 4.98 Å². The summed E-state index contributed by atoms with van der Waals surface area (Å²) in [5, 5.41) is 2.91. The molecule has 0 saturated heterocycles. The third-order valence-electron chi connectivity index (χ3n) is 3.23. The summed E-state index contributed by atoms with van der Waals surface area (Å²) in [5.74, 6) is -0.0910. The minimum absolute atomic E-state index is 0.0779. The van der Waals surface area contributed by atoms with Gasteiger partial charge >= 0.3 is 6.18 Å². The zero-order valence-electron chi connectivity index (χ0n) is 10.4. The van der Waals surface area contributed by atoms with E-state index >= 15 is 0 Å². The van der Waals surface area contributed by atoms with Gasteiger partial charge in [-0.15, -0.1) is 0 Å². The third-order valence-corrected chi connectivity index (χ3v) is 3.23. The van der Waals surface area contributed by atoms with Crippen molar-refractivity contribution in [3.63, 3.8) is 0 Å². The van der Waals surface area contributed by atoms with Crippen LogP contribution in [0.3, 0.4) is 0 Å². The van der Waals surface area contributed by atoms with Crippen LogP contribution >= 0.6 is 0 Å². The largest absolute Gasteiger partial charge is 0.433 e. The Balaban J connectivity index is 2.15. The SMILES string of the molecule is O=c1cc(C(F)(F)F)nc(NC2CCCCCC2)[nH]1. The Bertz CT molecular complexity index is 476. The molecular weight excluding hydrogens is 259 g/mol. The minimum atomic E-state index is -4.60. The molecule has 1 saturated carbocycles. The number of nitrogens with one attached hydrogen (secondary N) is 2. The van der Waals surface area contributed by atoms with Crippen molar-refractivity contribution in [2.24, 2.45) is 0 Å². The van der Waals surface area contributed by atoms with Crippen molar-refractivity contribution in [2.45, 2.75) is 50.7 Å². The lowest BCUT2D eigenvalue weighted by molar-refractivity contribution is -0.141. The number of aromatic amines is 1. The number of hydrogen-bond acceptors (Lipinski definition) is 3. The van der Waals surface area contributed by atoms with E-state index in [0.29, 0.717) is 6.07 Å². The molecule has 2 rings (SSSR count). The second kappa shape index (κ2) is 5.63. The number of H-pyrrole nitrogens is 1. The minimum Gasteiger partial charge on any atom is -0.353 e. The van der Waals surface area contributed by atoms with Crippen molar-refractivity contribution in [3.05, 3.63) is 22.1 Å². The second-order valence-electron chi connectivity index (χ2n) is 4.81. The van der Waals surface area contributed by atoms with Crippen LogP contribution in [0.4, 0.5) is 19.1 Å². The molecule has 0 aliphatic heterocycles. The summed E-state index contributed by atoms with van der Waals surface area (Å²) in [6.07, 6.45) is 1.55. The number of hydrogen-bond donors (Lipinski definition) is 2. The average Bonchev–Trinajstić information content (AvgIpc) is 2.55. The Hall–Kier alpha value is -1.53. The van der Waals surface area contributed by atoms with Crippen LogP contribution in [0.25, 0.3) is 0 Å². The lowest BCUT2D eigenvalue weighted by atomic mass is 10.1. The number of anilines is 1. The highest BCUT2D eigenvalue weighted by Gasteiger charge is 2.33. The molecular formula is C12H16F3N3O. The van der Waals surface area contributed by atoms with Gasteiger partial charge in [-0.1, -0.05) is 25.7 Å². The molecule has 0 aromatic carbocycles. The van der Waals surface area contributed by atoms with Gasteiger partial charge in [-0.3, -0.25) is 9.78 Å². The number of halogens is 3. The standard InChI is InChI=1S/C12H16F3N3O/c13-12(14,15)9-7-10(19)18-11(17-9)16-8-5-3-1-2-4-6-8/h7-8H,1-6H2,(H2,16,17,18,19). The van der Waals surface area contributed by atoms with Crippen LogP contribution in [-0.4, -0.2) is 16.0 Å². The molecule has 0 unspecified atom stereocenters. The van der Waals surface area contributed by atoms with E-state index in [0.717, 1.165) is 38.5 Å². The second-order valence-corrected chi connectivity index (χ2v) is 4.81. The fourth-order valence-corrected chi connectivity index (χ4v) is 2.29. The highest BCUT2D eigenvalue weighted by molar-refractivity contribution is 5.27. The van der Waals surface area contributed by atoms with Gasteiger partial charge in [0.25, 0.3) is 5.56 Å². The molecule has 1 aliphatic carbocycles. The average molecular weight is 275 g/mol. The molecule has 1 fully saturated rings. The first-order valence-electron chi connectivity index (χ1n) is 6.40. The molecule has 0 atom stereocenters. The van der Waals surface area contributed by atoms with Crippen molar-refractivity contribution in [1.82, 2.24) is 9.97 Å². The predicted molar refractivity (Wildman–Crippen MR) is 65.0 cm³/mol. The van der Waals surface area contributed by atoms with Crippen molar-refractivity contribution in [2.75, 3.05) is 5.32 Å². The lowest BCUT2D eigenvalue weighted by Crippen LogP contribution is -2.24. The fraction of sp³-hybridized carbons (Fsp3) is 0.667. The highest BCUT2D eigenvalue weighted by atomic mass is 19.4. The van der Waals surface area contributed by atoms with Gasteiger partial charge in [0, 0.05) is 12.1 Å². The zero-order valence-corrected chi connectivity index (χ0v) is 10.4. The van der Waals surface area contributed by atoms with Crippen molar-refractivity contribution < 1.29 is 13.2 Å². The monoisotopic (exact) mass is 275 g/mol. The smallest absolute Gasteiger partial charge is 0.353 e. The molecule has 0 amide bonds. The van der Waals surface area contributed by atoms with Crippen LogP contribution in [0.2, 0.25) is 0 Å². The molecule has 4 nitrogen and oxygen atoms in total. The Morgan fingerprint density at radius 1 is 1.21 bits per heavy atom. The van der Waals surface area contributed by atoms with E-state index in [1.807, 2.05) is 0 Å². The first-order chi connectivity index (χ1) is 8.95. The fourth-order valence-electron chi connectivity index (χ4n) is 2.29. The van der Waals surface area contributed by atoms with E-state index in [1.54, 1.807) is 0 Å². The van der Waals surface area contributed by atoms with Crippen LogP contribution in [0.5, 0.6) is 0 Å². The van der Waals surface area contributed by atoms with Crippen molar-refractivity contribution in [1.29, 1.82) is 0 Å². The predicted octanol–water partition coefficient (Wildman–Crippen LogP) is 2.92. The van der Waals surface area contributed by atoms with E-state index in [4.69, 9.17) is 0 Å². The molecule has 1 heterocycles. The number of alkyl halides is 3. The van der Waals surface area contributed by atoms with Crippen LogP contribution in [-0.2, 0) is 6.18 Å². The number of aromatic nitrogens is 2. The first-order valence-corrected chi connectivity index (χ1v) is 6.40. The van der Waals surface area contributed by atoms with Gasteiger partial charge in [0.05, 0.1) is 0 Å². The van der Waals surface area contributed by atoms with Gasteiger partial charge in [0.15, 0.2) is 5.69 Å². The molecule has 106 valence electrons. The summed E-state index contributed by atoms with van der Waals surface area (Å²) in [6, 6.07) is 0.548. The van der Waals surface area contributed by atoms with Gasteiger partial charge in [-0.2, -0.15) is 13.2 Å². The lowest BCUT2D eigenvalue weighted by Gasteiger charge is -2.17. The molecule has 19 heavy (non-hydrogen) atoms. The van der Waals surface area contributed by atoms with Crippen molar-refractivity contribution in [3.8, 4) is 0 Å². The molecule has 0 spiro atoms. The molecule has 7 heteroatoms. The summed E-state index contributed by atoms with van der Waals surface area (Å²) in [6.45, 7) is 0. The van der Waals surface area contributed by atoms with Gasteiger partial charge in [-0.05, 0) is 12.8 Å². The molecule has 1 aliphatic rings. The third kappa shape index (κ3) is 3.97. The van der Waals surface area contributed by atoms with Gasteiger partial charge in [0.1, 0.15) is 0 Å². The number of rotatable bonds is 2. The van der Waals surface area contributed by atoms with Crippen LogP contribution in [0.15, 0.2) is 10.9 Å². The summed E-state index contributed by atoms with van der Waals surface area (Å²) in [7, 11) is 0. The molecule has 0 bridgehead atoms. The molecule has 1 aromatic rings. The Labute approximate surface area is 108 Å². The van der Waals surface area contributed by atoms with Crippen LogP contribution in [0.1, 0.15) is 44.2 Å². The van der Waals surface area contributed by atoms with E-state index in [-0.39, 0.29) is 12.0 Å². The maximum Gasteiger partial charge on any atom is 0.433 e. The summed E-state index contributed by atoms with van der Waals surface area (Å²) >= 11 is 0. The molecule has 2 N–H and O–H groups in total. The van der Waals surface area contributed by atoms with E-state index in [9.17, 15) is 18.0 Å². The number of nitrogens with zero attached hydrogens (tertiary/aromatic N) is 1. The molecule has 1 aromatic heterocycles. The van der Waals surface area contributed by atoms with E-state index < -0.39 is 17.4 Å². The van der Waals surface area contributed by atoms with E-state index in [1.165, 1.54) is 0 Å².